The number of nitrogens with two attached hydrogens (primary N) is 1. The Kier molecular flexibility index (Phi) is 4.96. The Hall–Kier alpha value is -1.88. The van der Waals surface area contributed by atoms with Gasteiger partial charge in [0.05, 0.1) is 0 Å². The van der Waals surface area contributed by atoms with Gasteiger partial charge in [-0.3, -0.25) is 9.59 Å². The van der Waals surface area contributed by atoms with Crippen molar-refractivity contribution < 1.29 is 9.59 Å². The average molecular weight is 289 g/mol. The van der Waals surface area contributed by atoms with Gasteiger partial charge in [-0.05, 0) is 43.9 Å². The van der Waals surface area contributed by atoms with Crippen LogP contribution in [0.1, 0.15) is 38.2 Å². The molecule has 0 aromatic heterocycles. The zero-order valence-electron chi connectivity index (χ0n) is 12.6. The number of benzene rings is 1. The fourth-order valence-corrected chi connectivity index (χ4v) is 2.80. The van der Waals surface area contributed by atoms with Crippen molar-refractivity contribution >= 4 is 23.2 Å². The molecular formula is C16H23N3O2. The molecule has 2 amide bonds. The molecule has 2 atom stereocenters. The molecule has 0 heterocycles. The van der Waals surface area contributed by atoms with E-state index in [2.05, 4.69) is 10.6 Å². The fourth-order valence-electron chi connectivity index (χ4n) is 2.80. The maximum Gasteiger partial charge on any atom is 0.227 e. The van der Waals surface area contributed by atoms with Crippen molar-refractivity contribution in [1.29, 1.82) is 0 Å². The lowest BCUT2D eigenvalue weighted by Gasteiger charge is -2.26. The predicted octanol–water partition coefficient (Wildman–Crippen LogP) is 2.41. The van der Waals surface area contributed by atoms with Crippen LogP contribution in [0.15, 0.2) is 18.2 Å². The van der Waals surface area contributed by atoms with Crippen molar-refractivity contribution in [1.82, 2.24) is 0 Å². The molecule has 1 aromatic rings. The second kappa shape index (κ2) is 6.72. The van der Waals surface area contributed by atoms with Gasteiger partial charge in [0.15, 0.2) is 0 Å². The summed E-state index contributed by atoms with van der Waals surface area (Å²) in [5, 5.41) is 5.73. The lowest BCUT2D eigenvalue weighted by molar-refractivity contribution is -0.121. The van der Waals surface area contributed by atoms with Crippen LogP contribution < -0.4 is 16.4 Å². The Morgan fingerprint density at radius 3 is 2.48 bits per heavy atom. The summed E-state index contributed by atoms with van der Waals surface area (Å²) in [6, 6.07) is 5.62. The van der Waals surface area contributed by atoms with Gasteiger partial charge in [-0.2, -0.15) is 0 Å². The molecule has 1 fully saturated rings. The molecule has 2 unspecified atom stereocenters. The van der Waals surface area contributed by atoms with Gasteiger partial charge in [0, 0.05) is 30.3 Å². The van der Waals surface area contributed by atoms with Gasteiger partial charge in [-0.15, -0.1) is 0 Å². The first-order valence-electron chi connectivity index (χ1n) is 7.41. The predicted molar refractivity (Wildman–Crippen MR) is 84.0 cm³/mol. The number of carbonyl (C=O) groups excluding carboxylic acids is 2. The maximum absolute atomic E-state index is 12.3. The minimum Gasteiger partial charge on any atom is -0.328 e. The second-order valence-corrected chi connectivity index (χ2v) is 5.77. The van der Waals surface area contributed by atoms with Crippen molar-refractivity contribution in [3.63, 3.8) is 0 Å². The second-order valence-electron chi connectivity index (χ2n) is 5.77. The number of hydrogen-bond acceptors (Lipinski definition) is 3. The van der Waals surface area contributed by atoms with Crippen molar-refractivity contribution in [2.75, 3.05) is 10.6 Å². The number of rotatable bonds is 3. The SMILES string of the molecule is CC(=O)Nc1cccc(NC(=O)C2CCCC(N)C2)c1C. The molecule has 1 aliphatic rings. The Balaban J connectivity index is 2.08. The highest BCUT2D eigenvalue weighted by molar-refractivity contribution is 5.96. The van der Waals surface area contributed by atoms with E-state index in [1.54, 1.807) is 0 Å². The van der Waals surface area contributed by atoms with E-state index in [9.17, 15) is 9.59 Å². The van der Waals surface area contributed by atoms with Gasteiger partial charge in [0.1, 0.15) is 0 Å². The van der Waals surface area contributed by atoms with E-state index in [0.717, 1.165) is 42.6 Å². The minimum absolute atomic E-state index is 0.0161. The van der Waals surface area contributed by atoms with E-state index in [4.69, 9.17) is 5.73 Å². The lowest BCUT2D eigenvalue weighted by atomic mass is 9.85. The van der Waals surface area contributed by atoms with E-state index in [1.807, 2.05) is 25.1 Å². The van der Waals surface area contributed by atoms with Gasteiger partial charge in [-0.1, -0.05) is 12.5 Å². The molecule has 0 radical (unpaired) electrons. The zero-order valence-corrected chi connectivity index (χ0v) is 12.6. The third-order valence-corrected chi connectivity index (χ3v) is 3.99. The summed E-state index contributed by atoms with van der Waals surface area (Å²) < 4.78 is 0. The summed E-state index contributed by atoms with van der Waals surface area (Å²) in [7, 11) is 0. The van der Waals surface area contributed by atoms with Crippen LogP contribution in [0.3, 0.4) is 0 Å². The van der Waals surface area contributed by atoms with Crippen LogP contribution in [0, 0.1) is 12.8 Å². The molecule has 0 spiro atoms. The molecule has 0 saturated heterocycles. The van der Waals surface area contributed by atoms with E-state index < -0.39 is 0 Å². The third kappa shape index (κ3) is 4.04. The first-order valence-corrected chi connectivity index (χ1v) is 7.41. The van der Waals surface area contributed by atoms with Crippen LogP contribution in [0.5, 0.6) is 0 Å². The summed E-state index contributed by atoms with van der Waals surface area (Å²) in [4.78, 5) is 23.5. The van der Waals surface area contributed by atoms with E-state index in [-0.39, 0.29) is 23.8 Å². The number of nitrogens with one attached hydrogen (secondary N) is 2. The van der Waals surface area contributed by atoms with Crippen molar-refractivity contribution in [3.05, 3.63) is 23.8 Å². The van der Waals surface area contributed by atoms with Crippen molar-refractivity contribution in [3.8, 4) is 0 Å². The van der Waals surface area contributed by atoms with Gasteiger partial charge >= 0.3 is 0 Å². The quantitative estimate of drug-likeness (QED) is 0.799. The fraction of sp³-hybridized carbons (Fsp3) is 0.500. The van der Waals surface area contributed by atoms with Crippen molar-refractivity contribution in [2.45, 2.75) is 45.6 Å². The summed E-state index contributed by atoms with van der Waals surface area (Å²) in [5.74, 6) is -0.120. The molecular weight excluding hydrogens is 266 g/mol. The molecule has 2 rings (SSSR count). The topological polar surface area (TPSA) is 84.2 Å². The van der Waals surface area contributed by atoms with Crippen LogP contribution in [0.2, 0.25) is 0 Å². The average Bonchev–Trinajstić information content (AvgIpc) is 2.42. The smallest absolute Gasteiger partial charge is 0.227 e. The van der Waals surface area contributed by atoms with Gasteiger partial charge < -0.3 is 16.4 Å². The number of amides is 2. The highest BCUT2D eigenvalue weighted by atomic mass is 16.2. The van der Waals surface area contributed by atoms with E-state index >= 15 is 0 Å². The Morgan fingerprint density at radius 1 is 1.19 bits per heavy atom. The van der Waals surface area contributed by atoms with Crippen LogP contribution in [0.4, 0.5) is 11.4 Å². The molecule has 114 valence electrons. The normalized spacial score (nSPS) is 21.7. The summed E-state index contributed by atoms with van der Waals surface area (Å²) in [6.45, 7) is 3.35. The third-order valence-electron chi connectivity index (χ3n) is 3.99. The first-order chi connectivity index (χ1) is 9.97. The number of anilines is 2. The molecule has 4 N–H and O–H groups in total. The Morgan fingerprint density at radius 2 is 1.86 bits per heavy atom. The monoisotopic (exact) mass is 289 g/mol. The van der Waals surface area contributed by atoms with E-state index in [1.165, 1.54) is 6.92 Å². The molecule has 0 aliphatic heterocycles. The Labute approximate surface area is 125 Å². The van der Waals surface area contributed by atoms with Crippen molar-refractivity contribution in [2.24, 2.45) is 11.7 Å². The molecule has 5 heteroatoms. The highest BCUT2D eigenvalue weighted by Gasteiger charge is 2.25. The maximum atomic E-state index is 12.3. The first kappa shape index (κ1) is 15.5. The summed E-state index contributed by atoms with van der Waals surface area (Å²) in [6.07, 6.45) is 3.64. The molecule has 0 bridgehead atoms. The zero-order chi connectivity index (χ0) is 15.4. The number of carbonyl (C=O) groups is 2. The minimum atomic E-state index is -0.125. The lowest BCUT2D eigenvalue weighted by Crippen LogP contribution is -2.34. The van der Waals surface area contributed by atoms with Crippen LogP contribution in [0.25, 0.3) is 0 Å². The molecule has 1 saturated carbocycles. The van der Waals surface area contributed by atoms with Gasteiger partial charge in [-0.25, -0.2) is 0 Å². The van der Waals surface area contributed by atoms with Gasteiger partial charge in [0.25, 0.3) is 0 Å². The van der Waals surface area contributed by atoms with Crippen LogP contribution >= 0.6 is 0 Å². The molecule has 1 aromatic carbocycles. The molecule has 21 heavy (non-hydrogen) atoms. The van der Waals surface area contributed by atoms with Crippen LogP contribution in [-0.2, 0) is 9.59 Å². The van der Waals surface area contributed by atoms with Crippen LogP contribution in [-0.4, -0.2) is 17.9 Å². The standard InChI is InChI=1S/C16H23N3O2/c1-10-14(18-11(2)20)7-4-8-15(10)19-16(21)12-5-3-6-13(17)9-12/h4,7-8,12-13H,3,5-6,9,17H2,1-2H3,(H,18,20)(H,19,21). The van der Waals surface area contributed by atoms with Gasteiger partial charge in [0.2, 0.25) is 11.8 Å². The largest absolute Gasteiger partial charge is 0.328 e. The molecule has 5 nitrogen and oxygen atoms in total. The highest BCUT2D eigenvalue weighted by Crippen LogP contribution is 2.27. The summed E-state index contributed by atoms with van der Waals surface area (Å²) >= 11 is 0. The summed E-state index contributed by atoms with van der Waals surface area (Å²) in [5.41, 5.74) is 8.26. The Bertz CT molecular complexity index is 542. The number of hydrogen-bond donors (Lipinski definition) is 3. The van der Waals surface area contributed by atoms with E-state index in [0.29, 0.717) is 0 Å². The molecule has 1 aliphatic carbocycles.